The van der Waals surface area contributed by atoms with Gasteiger partial charge in [-0.3, -0.25) is 0 Å². The predicted octanol–water partition coefficient (Wildman–Crippen LogP) is 2.51. The fourth-order valence-corrected chi connectivity index (χ4v) is 1.61. The van der Waals surface area contributed by atoms with Gasteiger partial charge in [0.15, 0.2) is 0 Å². The highest BCUT2D eigenvalue weighted by Gasteiger charge is 2.03. The second-order valence-electron chi connectivity index (χ2n) is 3.91. The monoisotopic (exact) mass is 269 g/mol. The summed E-state index contributed by atoms with van der Waals surface area (Å²) in [7, 11) is 4.78. The first-order valence-electron chi connectivity index (χ1n) is 6.01. The minimum atomic E-state index is 0.497. The number of nitrogens with zero attached hydrogens (tertiary/aromatic N) is 1. The molecule has 1 heterocycles. The van der Waals surface area contributed by atoms with Crippen molar-refractivity contribution in [2.45, 2.75) is 0 Å². The molecule has 0 saturated carbocycles. The van der Waals surface area contributed by atoms with Crippen molar-refractivity contribution in [3.8, 4) is 29.2 Å². The second kappa shape index (κ2) is 6.48. The summed E-state index contributed by atoms with van der Waals surface area (Å²) in [6.45, 7) is 0. The first-order chi connectivity index (χ1) is 9.76. The van der Waals surface area contributed by atoms with Crippen molar-refractivity contribution in [2.75, 3.05) is 21.3 Å². The lowest BCUT2D eigenvalue weighted by Gasteiger charge is -2.04. The molecule has 1 aromatic carbocycles. The first kappa shape index (κ1) is 13.8. The molecule has 4 heteroatoms. The molecule has 0 aliphatic carbocycles. The average molecular weight is 269 g/mol. The van der Waals surface area contributed by atoms with E-state index < -0.39 is 0 Å². The summed E-state index contributed by atoms with van der Waals surface area (Å²) >= 11 is 0. The number of hydrogen-bond donors (Lipinski definition) is 0. The van der Waals surface area contributed by atoms with Crippen molar-refractivity contribution in [1.82, 2.24) is 4.98 Å². The summed E-state index contributed by atoms with van der Waals surface area (Å²) < 4.78 is 15.4. The van der Waals surface area contributed by atoms with Crippen LogP contribution in [0.5, 0.6) is 17.4 Å². The molecule has 0 unspecified atom stereocenters. The van der Waals surface area contributed by atoms with E-state index in [1.807, 2.05) is 24.3 Å². The zero-order valence-corrected chi connectivity index (χ0v) is 11.6. The van der Waals surface area contributed by atoms with Gasteiger partial charge in [0, 0.05) is 11.6 Å². The Balaban J connectivity index is 2.27. The zero-order valence-electron chi connectivity index (χ0n) is 11.6. The Kier molecular flexibility index (Phi) is 4.46. The number of pyridine rings is 1. The summed E-state index contributed by atoms with van der Waals surface area (Å²) in [6, 6.07) is 9.24. The highest BCUT2D eigenvalue weighted by atomic mass is 16.5. The Bertz CT molecular complexity index is 639. The fourth-order valence-electron chi connectivity index (χ4n) is 1.61. The molecule has 4 nitrogen and oxygen atoms in total. The summed E-state index contributed by atoms with van der Waals surface area (Å²) in [5, 5.41) is 0. The van der Waals surface area contributed by atoms with Crippen molar-refractivity contribution in [3.63, 3.8) is 0 Å². The Hall–Kier alpha value is -2.67. The van der Waals surface area contributed by atoms with Gasteiger partial charge in [0.25, 0.3) is 0 Å². The van der Waals surface area contributed by atoms with Crippen molar-refractivity contribution >= 4 is 0 Å². The molecule has 0 amide bonds. The van der Waals surface area contributed by atoms with Gasteiger partial charge < -0.3 is 14.2 Å². The van der Waals surface area contributed by atoms with Crippen LogP contribution in [0.3, 0.4) is 0 Å². The molecule has 0 aliphatic heterocycles. The van der Waals surface area contributed by atoms with Crippen LogP contribution in [0, 0.1) is 11.8 Å². The highest BCUT2D eigenvalue weighted by Crippen LogP contribution is 2.21. The topological polar surface area (TPSA) is 40.6 Å². The van der Waals surface area contributed by atoms with Gasteiger partial charge >= 0.3 is 0 Å². The van der Waals surface area contributed by atoms with Gasteiger partial charge in [-0.1, -0.05) is 11.8 Å². The number of benzene rings is 1. The number of hydrogen-bond acceptors (Lipinski definition) is 4. The third-order valence-corrected chi connectivity index (χ3v) is 2.70. The summed E-state index contributed by atoms with van der Waals surface area (Å²) in [4.78, 5) is 4.12. The minimum Gasteiger partial charge on any atom is -0.497 e. The predicted molar refractivity (Wildman–Crippen MR) is 76.3 cm³/mol. The maximum absolute atomic E-state index is 5.27. The molecule has 0 atom stereocenters. The SMILES string of the molecule is COc1ccc(C#Cc2cnc(OC)cc2OC)cc1. The Morgan fingerprint density at radius 3 is 2.25 bits per heavy atom. The summed E-state index contributed by atoms with van der Waals surface area (Å²) in [5.74, 6) is 8.03. The lowest BCUT2D eigenvalue weighted by atomic mass is 10.2. The Labute approximate surface area is 118 Å². The molecule has 102 valence electrons. The standard InChI is InChI=1S/C16H15NO3/c1-18-14-8-5-12(6-9-14)4-7-13-11-17-16(20-3)10-15(13)19-2/h5-6,8-11H,1-3H3. The smallest absolute Gasteiger partial charge is 0.216 e. The van der Waals surface area contributed by atoms with Gasteiger partial charge in [-0.25, -0.2) is 4.98 Å². The third-order valence-electron chi connectivity index (χ3n) is 2.70. The van der Waals surface area contributed by atoms with Crippen LogP contribution < -0.4 is 14.2 Å². The lowest BCUT2D eigenvalue weighted by Crippen LogP contribution is -1.93. The van der Waals surface area contributed by atoms with Gasteiger partial charge in [-0.15, -0.1) is 0 Å². The summed E-state index contributed by atoms with van der Waals surface area (Å²) in [5.41, 5.74) is 1.60. The highest BCUT2D eigenvalue weighted by molar-refractivity contribution is 5.50. The molecule has 2 aromatic rings. The molecule has 0 radical (unpaired) electrons. The Morgan fingerprint density at radius 1 is 0.900 bits per heavy atom. The molecule has 2 rings (SSSR count). The molecular formula is C16H15NO3. The van der Waals surface area contributed by atoms with Crippen LogP contribution in [0.4, 0.5) is 0 Å². The van der Waals surface area contributed by atoms with Crippen LogP contribution in [0.1, 0.15) is 11.1 Å². The maximum atomic E-state index is 5.27. The van der Waals surface area contributed by atoms with Crippen LogP contribution in [-0.2, 0) is 0 Å². The number of aromatic nitrogens is 1. The van der Waals surface area contributed by atoms with Crippen molar-refractivity contribution in [2.24, 2.45) is 0 Å². The summed E-state index contributed by atoms with van der Waals surface area (Å²) in [6.07, 6.45) is 1.63. The van der Waals surface area contributed by atoms with E-state index in [0.29, 0.717) is 17.2 Å². The van der Waals surface area contributed by atoms with Crippen molar-refractivity contribution in [1.29, 1.82) is 0 Å². The zero-order chi connectivity index (χ0) is 14.4. The molecule has 0 N–H and O–H groups in total. The van der Waals surface area contributed by atoms with Crippen LogP contribution in [0.25, 0.3) is 0 Å². The quantitative estimate of drug-likeness (QED) is 0.803. The van der Waals surface area contributed by atoms with Gasteiger partial charge in [-0.2, -0.15) is 0 Å². The van der Waals surface area contributed by atoms with E-state index in [0.717, 1.165) is 11.3 Å². The second-order valence-corrected chi connectivity index (χ2v) is 3.91. The van der Waals surface area contributed by atoms with E-state index in [1.165, 1.54) is 0 Å². The molecule has 0 aliphatic rings. The maximum Gasteiger partial charge on any atom is 0.216 e. The van der Waals surface area contributed by atoms with Gasteiger partial charge in [0.1, 0.15) is 11.5 Å². The Morgan fingerprint density at radius 2 is 1.65 bits per heavy atom. The minimum absolute atomic E-state index is 0.497. The molecule has 0 saturated heterocycles. The molecule has 1 aromatic heterocycles. The number of methoxy groups -OCH3 is 3. The van der Waals surface area contributed by atoms with E-state index in [2.05, 4.69) is 16.8 Å². The van der Waals surface area contributed by atoms with E-state index in [4.69, 9.17) is 14.2 Å². The van der Waals surface area contributed by atoms with Crippen LogP contribution in [0.15, 0.2) is 36.5 Å². The van der Waals surface area contributed by atoms with Gasteiger partial charge in [0.2, 0.25) is 5.88 Å². The first-order valence-corrected chi connectivity index (χ1v) is 6.01. The van der Waals surface area contributed by atoms with Crippen LogP contribution in [0.2, 0.25) is 0 Å². The van der Waals surface area contributed by atoms with E-state index in [9.17, 15) is 0 Å². The molecule has 0 bridgehead atoms. The third kappa shape index (κ3) is 3.21. The molecular weight excluding hydrogens is 254 g/mol. The van der Waals surface area contributed by atoms with Gasteiger partial charge in [-0.05, 0) is 24.3 Å². The molecule has 0 spiro atoms. The van der Waals surface area contributed by atoms with E-state index in [-0.39, 0.29) is 0 Å². The molecule has 0 fully saturated rings. The van der Waals surface area contributed by atoms with Crippen LogP contribution in [-0.4, -0.2) is 26.3 Å². The van der Waals surface area contributed by atoms with Crippen LogP contribution >= 0.6 is 0 Å². The number of ether oxygens (including phenoxy) is 3. The average Bonchev–Trinajstić information content (AvgIpc) is 2.53. The van der Waals surface area contributed by atoms with E-state index >= 15 is 0 Å². The van der Waals surface area contributed by atoms with Gasteiger partial charge in [0.05, 0.1) is 33.1 Å². The largest absolute Gasteiger partial charge is 0.497 e. The van der Waals surface area contributed by atoms with Crippen molar-refractivity contribution < 1.29 is 14.2 Å². The number of rotatable bonds is 3. The van der Waals surface area contributed by atoms with Crippen molar-refractivity contribution in [3.05, 3.63) is 47.7 Å². The molecule has 20 heavy (non-hydrogen) atoms. The van der Waals surface area contributed by atoms with E-state index in [1.54, 1.807) is 33.6 Å². The lowest BCUT2D eigenvalue weighted by molar-refractivity contribution is 0.381. The normalized spacial score (nSPS) is 9.35. The fraction of sp³-hybridized carbons (Fsp3) is 0.188.